The monoisotopic (exact) mass is 453 g/mol. The molecule has 0 saturated carbocycles. The number of pyridine rings is 2. The molecular weight excluding hydrogens is 422 g/mol. The summed E-state index contributed by atoms with van der Waals surface area (Å²) >= 11 is 0. The van der Waals surface area contributed by atoms with Crippen LogP contribution >= 0.6 is 0 Å². The summed E-state index contributed by atoms with van der Waals surface area (Å²) < 4.78 is 0. The van der Waals surface area contributed by atoms with Gasteiger partial charge in [-0.05, 0) is 55.8 Å². The molecule has 1 aliphatic rings. The second-order valence-electron chi connectivity index (χ2n) is 8.78. The van der Waals surface area contributed by atoms with Gasteiger partial charge in [-0.2, -0.15) is 5.10 Å². The Kier molecular flexibility index (Phi) is 6.02. The van der Waals surface area contributed by atoms with Crippen LogP contribution in [0.15, 0.2) is 61.0 Å². The van der Waals surface area contributed by atoms with Gasteiger partial charge in [0.15, 0.2) is 0 Å². The first kappa shape index (κ1) is 22.1. The highest BCUT2D eigenvalue weighted by Gasteiger charge is 2.20. The molecule has 1 aliphatic heterocycles. The van der Waals surface area contributed by atoms with Crippen LogP contribution in [0.25, 0.3) is 38.8 Å². The van der Waals surface area contributed by atoms with E-state index in [1.165, 1.54) is 5.57 Å². The maximum absolute atomic E-state index is 4.73. The van der Waals surface area contributed by atoms with Crippen molar-refractivity contribution in [3.8, 4) is 11.4 Å². The van der Waals surface area contributed by atoms with E-state index < -0.39 is 0 Å². The molecule has 174 valence electrons. The average Bonchev–Trinajstić information content (AvgIpc) is 3.49. The van der Waals surface area contributed by atoms with Crippen LogP contribution < -0.4 is 4.90 Å². The van der Waals surface area contributed by atoms with E-state index in [0.29, 0.717) is 0 Å². The lowest BCUT2D eigenvalue weighted by atomic mass is 10.0. The van der Waals surface area contributed by atoms with Gasteiger partial charge in [-0.15, -0.1) is 0 Å². The normalized spacial score (nSPS) is 16.0. The molecule has 1 saturated heterocycles. The van der Waals surface area contributed by atoms with Gasteiger partial charge in [0.25, 0.3) is 0 Å². The molecule has 5 heterocycles. The molecule has 0 atom stereocenters. The molecule has 0 unspecified atom stereocenters. The molecule has 0 radical (unpaired) electrons. The molecule has 7 heteroatoms. The van der Waals surface area contributed by atoms with Gasteiger partial charge >= 0.3 is 0 Å². The summed E-state index contributed by atoms with van der Waals surface area (Å²) in [5.41, 5.74) is 7.01. The quantitative estimate of drug-likeness (QED) is 0.394. The number of nitrogens with one attached hydrogen (secondary N) is 2. The van der Waals surface area contributed by atoms with E-state index in [4.69, 9.17) is 4.98 Å². The highest BCUT2D eigenvalue weighted by molar-refractivity contribution is 5.99. The van der Waals surface area contributed by atoms with Crippen molar-refractivity contribution in [2.75, 3.05) is 38.1 Å². The number of aromatic amines is 2. The van der Waals surface area contributed by atoms with Crippen LogP contribution in [0.1, 0.15) is 26.0 Å². The predicted molar refractivity (Wildman–Crippen MR) is 141 cm³/mol. The molecule has 2 N–H and O–H groups in total. The fourth-order valence-electron chi connectivity index (χ4n) is 4.53. The Morgan fingerprint density at radius 3 is 2.68 bits per heavy atom. The molecule has 0 spiro atoms. The standard InChI is InChI=1S/C27H31N7/c1-5-18(6-2)14-19(7-3)23-15-20-25(17-29-23)31-32-26(20)24-16-21-22(30-24)8-9-28-27(21)34-12-10-33(4)11-13-34/h5,7-9,14-17,30H,1,6,10-13H2,2-4H3,(H,31,32)/b18-14+,19-7+. The Balaban J connectivity index is 1.56. The predicted octanol–water partition coefficient (Wildman–Crippen LogP) is 5.18. The first-order valence-corrected chi connectivity index (χ1v) is 11.9. The highest BCUT2D eigenvalue weighted by Crippen LogP contribution is 2.33. The molecule has 0 aliphatic carbocycles. The summed E-state index contributed by atoms with van der Waals surface area (Å²) in [7, 11) is 2.17. The smallest absolute Gasteiger partial charge is 0.138 e. The second kappa shape index (κ2) is 9.27. The topological polar surface area (TPSA) is 76.7 Å². The third kappa shape index (κ3) is 4.03. The Hall–Kier alpha value is -3.71. The van der Waals surface area contributed by atoms with Crippen LogP contribution in [-0.4, -0.2) is 63.3 Å². The highest BCUT2D eigenvalue weighted by atomic mass is 15.3. The van der Waals surface area contributed by atoms with Crippen molar-refractivity contribution in [2.45, 2.75) is 20.3 Å². The third-order valence-electron chi connectivity index (χ3n) is 6.65. The molecular formula is C27H31N7. The van der Waals surface area contributed by atoms with Crippen molar-refractivity contribution in [1.82, 2.24) is 30.0 Å². The number of fused-ring (bicyclic) bond motifs is 2. The number of piperazine rings is 1. The van der Waals surface area contributed by atoms with E-state index >= 15 is 0 Å². The van der Waals surface area contributed by atoms with Crippen LogP contribution in [-0.2, 0) is 0 Å². The van der Waals surface area contributed by atoms with Crippen molar-refractivity contribution in [3.63, 3.8) is 0 Å². The maximum atomic E-state index is 4.73. The SMILES string of the molecule is C=C/C(=C\C(=C/C)c1cc2c(-c3cc4c(N5CCN(C)CC5)nccc4[nH]3)n[nH]c2cn1)CC. The van der Waals surface area contributed by atoms with E-state index in [0.717, 1.165) is 82.9 Å². The fraction of sp³-hybridized carbons (Fsp3) is 0.296. The lowest BCUT2D eigenvalue weighted by Crippen LogP contribution is -2.44. The van der Waals surface area contributed by atoms with Crippen molar-refractivity contribution in [1.29, 1.82) is 0 Å². The van der Waals surface area contributed by atoms with Crippen LogP contribution in [0.3, 0.4) is 0 Å². The first-order chi connectivity index (χ1) is 16.6. The molecule has 4 aromatic rings. The molecule has 1 fully saturated rings. The minimum absolute atomic E-state index is 0.887. The fourth-order valence-corrected chi connectivity index (χ4v) is 4.53. The molecule has 7 nitrogen and oxygen atoms in total. The Morgan fingerprint density at radius 1 is 1.12 bits per heavy atom. The van der Waals surface area contributed by atoms with Gasteiger partial charge in [-0.1, -0.05) is 25.7 Å². The van der Waals surface area contributed by atoms with Crippen molar-refractivity contribution in [2.24, 2.45) is 0 Å². The number of anilines is 1. The van der Waals surface area contributed by atoms with Gasteiger partial charge in [-0.3, -0.25) is 10.1 Å². The summed E-state index contributed by atoms with van der Waals surface area (Å²) in [6.07, 6.45) is 10.8. The number of likely N-dealkylation sites (N-methyl/N-ethyl adjacent to an activating group) is 1. The number of aromatic nitrogens is 5. The van der Waals surface area contributed by atoms with E-state index in [1.807, 2.05) is 31.5 Å². The summed E-state index contributed by atoms with van der Waals surface area (Å²) in [5, 5.41) is 9.96. The molecule has 4 aromatic heterocycles. The summed E-state index contributed by atoms with van der Waals surface area (Å²) in [6.45, 7) is 12.1. The van der Waals surface area contributed by atoms with E-state index in [2.05, 4.69) is 74.8 Å². The van der Waals surface area contributed by atoms with Gasteiger partial charge in [0.2, 0.25) is 0 Å². The number of H-pyrrole nitrogens is 2. The Morgan fingerprint density at radius 2 is 1.94 bits per heavy atom. The molecule has 0 aromatic carbocycles. The van der Waals surface area contributed by atoms with E-state index in [9.17, 15) is 0 Å². The molecule has 0 amide bonds. The zero-order chi connectivity index (χ0) is 23.7. The third-order valence-corrected chi connectivity index (χ3v) is 6.65. The minimum Gasteiger partial charge on any atom is -0.353 e. The molecule has 0 bridgehead atoms. The van der Waals surface area contributed by atoms with Gasteiger partial charge in [0, 0.05) is 43.1 Å². The summed E-state index contributed by atoms with van der Waals surface area (Å²) in [6, 6.07) is 6.32. The van der Waals surface area contributed by atoms with Gasteiger partial charge in [-0.25, -0.2) is 4.98 Å². The van der Waals surface area contributed by atoms with Crippen molar-refractivity contribution < 1.29 is 0 Å². The zero-order valence-corrected chi connectivity index (χ0v) is 20.1. The second-order valence-corrected chi connectivity index (χ2v) is 8.78. The minimum atomic E-state index is 0.887. The number of rotatable bonds is 6. The van der Waals surface area contributed by atoms with Crippen LogP contribution in [0.2, 0.25) is 0 Å². The lowest BCUT2D eigenvalue weighted by Gasteiger charge is -2.33. The Labute approximate surface area is 199 Å². The lowest BCUT2D eigenvalue weighted by molar-refractivity contribution is 0.312. The van der Waals surface area contributed by atoms with E-state index in [-0.39, 0.29) is 0 Å². The summed E-state index contributed by atoms with van der Waals surface area (Å²) in [5.74, 6) is 1.04. The van der Waals surface area contributed by atoms with E-state index in [1.54, 1.807) is 0 Å². The van der Waals surface area contributed by atoms with Crippen LogP contribution in [0.4, 0.5) is 5.82 Å². The maximum Gasteiger partial charge on any atom is 0.138 e. The first-order valence-electron chi connectivity index (χ1n) is 11.9. The number of nitrogens with zero attached hydrogens (tertiary/aromatic N) is 5. The van der Waals surface area contributed by atoms with Gasteiger partial charge < -0.3 is 14.8 Å². The van der Waals surface area contributed by atoms with Gasteiger partial charge in [0.05, 0.1) is 28.6 Å². The Bertz CT molecular complexity index is 1400. The number of hydrogen-bond acceptors (Lipinski definition) is 5. The van der Waals surface area contributed by atoms with Crippen molar-refractivity contribution in [3.05, 3.63) is 66.7 Å². The van der Waals surface area contributed by atoms with Crippen LogP contribution in [0, 0.1) is 0 Å². The summed E-state index contributed by atoms with van der Waals surface area (Å²) in [4.78, 5) is 17.7. The van der Waals surface area contributed by atoms with Gasteiger partial charge in [0.1, 0.15) is 11.5 Å². The van der Waals surface area contributed by atoms with Crippen LogP contribution in [0.5, 0.6) is 0 Å². The molecule has 34 heavy (non-hydrogen) atoms. The number of hydrogen-bond donors (Lipinski definition) is 2. The number of allylic oxidation sites excluding steroid dienone is 5. The average molecular weight is 454 g/mol. The largest absolute Gasteiger partial charge is 0.353 e. The zero-order valence-electron chi connectivity index (χ0n) is 20.1. The van der Waals surface area contributed by atoms with Crippen molar-refractivity contribution >= 4 is 33.2 Å². The molecule has 5 rings (SSSR count).